The van der Waals surface area contributed by atoms with Gasteiger partial charge in [0.1, 0.15) is 5.82 Å². The minimum atomic E-state index is 0.280. The normalized spacial score (nSPS) is 17.3. The van der Waals surface area contributed by atoms with E-state index in [1.54, 1.807) is 0 Å². The van der Waals surface area contributed by atoms with E-state index in [1.165, 1.54) is 16.7 Å². The van der Waals surface area contributed by atoms with Crippen LogP contribution in [0.1, 0.15) is 22.7 Å². The van der Waals surface area contributed by atoms with Gasteiger partial charge in [0.15, 0.2) is 0 Å². The Hall–Kier alpha value is -1.87. The quantitative estimate of drug-likeness (QED) is 0.844. The Morgan fingerprint density at radius 1 is 1.22 bits per heavy atom. The van der Waals surface area contributed by atoms with E-state index < -0.39 is 0 Å². The molecule has 1 aliphatic heterocycles. The molecule has 1 unspecified atom stereocenters. The SMILES string of the molecule is CNCC1Nc2ncccc2Cc2ccccc21. The van der Waals surface area contributed by atoms with Gasteiger partial charge in [0.25, 0.3) is 0 Å². The smallest absolute Gasteiger partial charge is 0.129 e. The summed E-state index contributed by atoms with van der Waals surface area (Å²) in [7, 11) is 1.98. The lowest BCUT2D eigenvalue weighted by Crippen LogP contribution is -2.24. The highest BCUT2D eigenvalue weighted by Crippen LogP contribution is 2.30. The molecule has 92 valence electrons. The molecule has 0 spiro atoms. The first kappa shape index (κ1) is 11.2. The molecule has 0 saturated carbocycles. The molecule has 0 bridgehead atoms. The second-order valence-corrected chi connectivity index (χ2v) is 4.64. The van der Waals surface area contributed by atoms with Gasteiger partial charge in [0.2, 0.25) is 0 Å². The van der Waals surface area contributed by atoms with E-state index in [4.69, 9.17) is 0 Å². The Balaban J connectivity index is 2.08. The highest BCUT2D eigenvalue weighted by Gasteiger charge is 2.20. The summed E-state index contributed by atoms with van der Waals surface area (Å²) in [5, 5.41) is 6.79. The molecule has 0 fully saturated rings. The maximum Gasteiger partial charge on any atom is 0.129 e. The largest absolute Gasteiger partial charge is 0.362 e. The summed E-state index contributed by atoms with van der Waals surface area (Å²) in [5.41, 5.74) is 4.02. The van der Waals surface area contributed by atoms with E-state index in [-0.39, 0.29) is 6.04 Å². The number of hydrogen-bond donors (Lipinski definition) is 2. The van der Waals surface area contributed by atoms with Crippen molar-refractivity contribution in [1.82, 2.24) is 10.3 Å². The highest BCUT2D eigenvalue weighted by molar-refractivity contribution is 5.53. The van der Waals surface area contributed by atoms with Crippen LogP contribution in [0.4, 0.5) is 5.82 Å². The number of pyridine rings is 1. The molecule has 2 aromatic rings. The van der Waals surface area contributed by atoms with Crippen LogP contribution in [0.2, 0.25) is 0 Å². The van der Waals surface area contributed by atoms with E-state index in [0.29, 0.717) is 0 Å². The second kappa shape index (κ2) is 4.78. The predicted molar refractivity (Wildman–Crippen MR) is 73.8 cm³/mol. The molecule has 2 N–H and O–H groups in total. The van der Waals surface area contributed by atoms with Crippen LogP contribution in [-0.2, 0) is 6.42 Å². The highest BCUT2D eigenvalue weighted by atomic mass is 15.0. The number of benzene rings is 1. The molecular formula is C15H17N3. The Labute approximate surface area is 107 Å². The topological polar surface area (TPSA) is 37.0 Å². The van der Waals surface area contributed by atoms with Crippen molar-refractivity contribution in [2.75, 3.05) is 18.9 Å². The lowest BCUT2D eigenvalue weighted by Gasteiger charge is -2.19. The van der Waals surface area contributed by atoms with Crippen LogP contribution in [0.25, 0.3) is 0 Å². The van der Waals surface area contributed by atoms with E-state index in [9.17, 15) is 0 Å². The lowest BCUT2D eigenvalue weighted by molar-refractivity contribution is 0.686. The van der Waals surface area contributed by atoms with Crippen molar-refractivity contribution in [3.63, 3.8) is 0 Å². The van der Waals surface area contributed by atoms with Crippen molar-refractivity contribution in [3.8, 4) is 0 Å². The summed E-state index contributed by atoms with van der Waals surface area (Å²) in [6.07, 6.45) is 2.80. The zero-order valence-electron chi connectivity index (χ0n) is 10.5. The van der Waals surface area contributed by atoms with Crippen molar-refractivity contribution in [1.29, 1.82) is 0 Å². The van der Waals surface area contributed by atoms with Gasteiger partial charge in [-0.1, -0.05) is 30.3 Å². The van der Waals surface area contributed by atoms with Gasteiger partial charge in [0.05, 0.1) is 6.04 Å². The number of fused-ring (bicyclic) bond motifs is 2. The van der Waals surface area contributed by atoms with E-state index in [2.05, 4.69) is 45.9 Å². The first-order chi connectivity index (χ1) is 8.88. The predicted octanol–water partition coefficient (Wildman–Crippen LogP) is 2.36. The van der Waals surface area contributed by atoms with Crippen molar-refractivity contribution in [2.45, 2.75) is 12.5 Å². The number of nitrogens with one attached hydrogen (secondary N) is 2. The van der Waals surface area contributed by atoms with Crippen LogP contribution >= 0.6 is 0 Å². The van der Waals surface area contributed by atoms with Gasteiger partial charge in [-0.3, -0.25) is 0 Å². The van der Waals surface area contributed by atoms with Gasteiger partial charge >= 0.3 is 0 Å². The van der Waals surface area contributed by atoms with Crippen molar-refractivity contribution >= 4 is 5.82 Å². The number of rotatable bonds is 2. The molecule has 1 aliphatic rings. The fourth-order valence-corrected chi connectivity index (χ4v) is 2.56. The third kappa shape index (κ3) is 1.97. The third-order valence-electron chi connectivity index (χ3n) is 3.42. The Kier molecular flexibility index (Phi) is 2.99. The zero-order valence-corrected chi connectivity index (χ0v) is 10.5. The fourth-order valence-electron chi connectivity index (χ4n) is 2.56. The van der Waals surface area contributed by atoms with E-state index >= 15 is 0 Å². The zero-order chi connectivity index (χ0) is 12.4. The van der Waals surface area contributed by atoms with Crippen LogP contribution in [0.15, 0.2) is 42.6 Å². The average molecular weight is 239 g/mol. The standard InChI is InChI=1S/C15H17N3/c1-16-10-14-13-7-3-2-5-11(13)9-12-6-4-8-17-15(12)18-14/h2-8,14,16H,9-10H2,1H3,(H,17,18). The first-order valence-electron chi connectivity index (χ1n) is 6.31. The van der Waals surface area contributed by atoms with Crippen LogP contribution in [0, 0.1) is 0 Å². The average Bonchev–Trinajstić information content (AvgIpc) is 2.56. The maximum absolute atomic E-state index is 4.46. The molecule has 1 aromatic heterocycles. The van der Waals surface area contributed by atoms with Gasteiger partial charge in [-0.15, -0.1) is 0 Å². The molecule has 0 radical (unpaired) electrons. The fraction of sp³-hybridized carbons (Fsp3) is 0.267. The molecule has 2 heterocycles. The monoisotopic (exact) mass is 239 g/mol. The van der Waals surface area contributed by atoms with Crippen LogP contribution in [-0.4, -0.2) is 18.6 Å². The molecule has 1 atom stereocenters. The molecular weight excluding hydrogens is 222 g/mol. The van der Waals surface area contributed by atoms with Crippen LogP contribution in [0.5, 0.6) is 0 Å². The van der Waals surface area contributed by atoms with Crippen molar-refractivity contribution in [3.05, 3.63) is 59.3 Å². The van der Waals surface area contributed by atoms with Gasteiger partial charge < -0.3 is 10.6 Å². The molecule has 1 aromatic carbocycles. The van der Waals surface area contributed by atoms with Gasteiger partial charge in [-0.25, -0.2) is 4.98 Å². The van der Waals surface area contributed by atoms with Crippen molar-refractivity contribution < 1.29 is 0 Å². The lowest BCUT2D eigenvalue weighted by atomic mass is 9.97. The number of likely N-dealkylation sites (N-methyl/N-ethyl adjacent to an activating group) is 1. The molecule has 3 nitrogen and oxygen atoms in total. The molecule has 3 rings (SSSR count). The van der Waals surface area contributed by atoms with Gasteiger partial charge in [-0.2, -0.15) is 0 Å². The minimum absolute atomic E-state index is 0.280. The Bertz CT molecular complexity index is 551. The minimum Gasteiger partial charge on any atom is -0.362 e. The third-order valence-corrected chi connectivity index (χ3v) is 3.42. The second-order valence-electron chi connectivity index (χ2n) is 4.64. The number of aromatic nitrogens is 1. The molecule has 3 heteroatoms. The number of nitrogens with zero attached hydrogens (tertiary/aromatic N) is 1. The molecule has 0 aliphatic carbocycles. The summed E-state index contributed by atoms with van der Waals surface area (Å²) < 4.78 is 0. The summed E-state index contributed by atoms with van der Waals surface area (Å²) in [6, 6.07) is 13.1. The van der Waals surface area contributed by atoms with Crippen LogP contribution < -0.4 is 10.6 Å². The molecule has 0 amide bonds. The number of hydrogen-bond acceptors (Lipinski definition) is 3. The number of anilines is 1. The maximum atomic E-state index is 4.46. The van der Waals surface area contributed by atoms with E-state index in [1.807, 2.05) is 19.3 Å². The van der Waals surface area contributed by atoms with Gasteiger partial charge in [-0.05, 0) is 29.8 Å². The molecule has 18 heavy (non-hydrogen) atoms. The van der Waals surface area contributed by atoms with Crippen LogP contribution in [0.3, 0.4) is 0 Å². The Morgan fingerprint density at radius 2 is 2.06 bits per heavy atom. The first-order valence-corrected chi connectivity index (χ1v) is 6.31. The summed E-state index contributed by atoms with van der Waals surface area (Å²) >= 11 is 0. The molecule has 0 saturated heterocycles. The Morgan fingerprint density at radius 3 is 2.94 bits per heavy atom. The van der Waals surface area contributed by atoms with E-state index in [0.717, 1.165) is 18.8 Å². The summed E-state index contributed by atoms with van der Waals surface area (Å²) in [5.74, 6) is 1.01. The van der Waals surface area contributed by atoms with Gasteiger partial charge in [0, 0.05) is 19.2 Å². The summed E-state index contributed by atoms with van der Waals surface area (Å²) in [6.45, 7) is 0.896. The van der Waals surface area contributed by atoms with Crippen molar-refractivity contribution in [2.24, 2.45) is 0 Å². The summed E-state index contributed by atoms with van der Waals surface area (Å²) in [4.78, 5) is 4.46.